The molecule has 0 spiro atoms. The lowest BCUT2D eigenvalue weighted by atomic mass is 10.3. The van der Waals surface area contributed by atoms with E-state index < -0.39 is 0 Å². The van der Waals surface area contributed by atoms with Crippen molar-refractivity contribution in [1.29, 1.82) is 0 Å². The highest BCUT2D eigenvalue weighted by molar-refractivity contribution is 7.99. The van der Waals surface area contributed by atoms with Crippen molar-refractivity contribution >= 4 is 35.0 Å². The highest BCUT2D eigenvalue weighted by Crippen LogP contribution is 2.16. The smallest absolute Gasteiger partial charge is 0.251 e. The van der Waals surface area contributed by atoms with Crippen molar-refractivity contribution in [3.8, 4) is 0 Å². The monoisotopic (exact) mass is 323 g/mol. The molecule has 2 aromatic rings. The summed E-state index contributed by atoms with van der Waals surface area (Å²) in [5.74, 6) is -0.0328. The number of H-pyrrole nitrogens is 1. The molecule has 7 heteroatoms. The van der Waals surface area contributed by atoms with E-state index >= 15 is 0 Å². The normalized spacial score (nSPS) is 10.4. The average molecular weight is 324 g/mol. The maximum atomic E-state index is 11.8. The number of hydrogen-bond acceptors (Lipinski definition) is 4. The number of thioether (sulfide) groups is 1. The fourth-order valence-corrected chi connectivity index (χ4v) is 2.51. The highest BCUT2D eigenvalue weighted by atomic mass is 35.5. The molecule has 0 atom stereocenters. The molecule has 21 heavy (non-hydrogen) atoms. The Kier molecular flexibility index (Phi) is 5.41. The molecule has 0 unspecified atom stereocenters. The summed E-state index contributed by atoms with van der Waals surface area (Å²) in [6.45, 7) is 1.92. The molecule has 0 radical (unpaired) electrons. The van der Waals surface area contributed by atoms with Gasteiger partial charge < -0.3 is 10.3 Å². The van der Waals surface area contributed by atoms with Crippen LogP contribution >= 0.6 is 23.4 Å². The summed E-state index contributed by atoms with van der Waals surface area (Å²) in [5, 5.41) is 3.73. The first-order valence-corrected chi connectivity index (χ1v) is 7.71. The van der Waals surface area contributed by atoms with Gasteiger partial charge in [0.05, 0.1) is 5.75 Å². The summed E-state index contributed by atoms with van der Waals surface area (Å²) in [7, 11) is 0. The van der Waals surface area contributed by atoms with E-state index in [9.17, 15) is 9.59 Å². The zero-order chi connectivity index (χ0) is 15.2. The van der Waals surface area contributed by atoms with E-state index in [0.717, 1.165) is 0 Å². The van der Waals surface area contributed by atoms with Gasteiger partial charge in [-0.15, -0.1) is 0 Å². The minimum absolute atomic E-state index is 0.155. The molecule has 1 heterocycles. The number of benzene rings is 1. The Morgan fingerprint density at radius 2 is 2.24 bits per heavy atom. The van der Waals surface area contributed by atoms with Crippen LogP contribution in [-0.2, 0) is 11.2 Å². The molecule has 1 amide bonds. The van der Waals surface area contributed by atoms with Crippen LogP contribution in [0.1, 0.15) is 12.6 Å². The van der Waals surface area contributed by atoms with Crippen LogP contribution in [0.5, 0.6) is 0 Å². The van der Waals surface area contributed by atoms with Crippen molar-refractivity contribution < 1.29 is 4.79 Å². The Labute approximate surface area is 131 Å². The first-order valence-electron chi connectivity index (χ1n) is 6.35. The maximum absolute atomic E-state index is 11.8. The van der Waals surface area contributed by atoms with E-state index in [1.165, 1.54) is 17.8 Å². The van der Waals surface area contributed by atoms with Gasteiger partial charge in [-0.3, -0.25) is 9.59 Å². The van der Waals surface area contributed by atoms with Gasteiger partial charge in [0.15, 0.2) is 5.16 Å². The molecular formula is C14H14ClN3O2S. The Bertz CT molecular complexity index is 703. The van der Waals surface area contributed by atoms with Crippen molar-refractivity contribution in [3.63, 3.8) is 0 Å². The second-order valence-corrected chi connectivity index (χ2v) is 5.64. The van der Waals surface area contributed by atoms with Crippen LogP contribution in [0.4, 0.5) is 5.69 Å². The predicted molar refractivity (Wildman–Crippen MR) is 85.0 cm³/mol. The molecule has 0 saturated carbocycles. The molecule has 0 fully saturated rings. The fourth-order valence-electron chi connectivity index (χ4n) is 1.63. The minimum atomic E-state index is -0.209. The molecule has 1 aromatic heterocycles. The largest absolute Gasteiger partial charge is 0.325 e. The number of aromatic nitrogens is 2. The number of aryl methyl sites for hydroxylation is 1. The summed E-state index contributed by atoms with van der Waals surface area (Å²) >= 11 is 7.03. The third-order valence-electron chi connectivity index (χ3n) is 2.58. The van der Waals surface area contributed by atoms with Crippen molar-refractivity contribution in [2.45, 2.75) is 18.5 Å². The lowest BCUT2D eigenvalue weighted by Gasteiger charge is -2.05. The van der Waals surface area contributed by atoms with Crippen molar-refractivity contribution in [3.05, 3.63) is 51.4 Å². The van der Waals surface area contributed by atoms with Gasteiger partial charge in [0.25, 0.3) is 5.56 Å². The fraction of sp³-hybridized carbons (Fsp3) is 0.214. The highest BCUT2D eigenvalue weighted by Gasteiger charge is 2.06. The Morgan fingerprint density at radius 1 is 1.43 bits per heavy atom. The van der Waals surface area contributed by atoms with Gasteiger partial charge in [0.2, 0.25) is 5.91 Å². The number of amides is 1. The average Bonchev–Trinajstić information content (AvgIpc) is 2.44. The number of hydrogen-bond donors (Lipinski definition) is 2. The molecule has 2 N–H and O–H groups in total. The van der Waals surface area contributed by atoms with Gasteiger partial charge in [-0.25, -0.2) is 4.98 Å². The SMILES string of the molecule is CCc1cc(=O)[nH]c(SCC(=O)Nc2cccc(Cl)c2)n1. The Hall–Kier alpha value is -1.79. The minimum Gasteiger partial charge on any atom is -0.325 e. The second-order valence-electron chi connectivity index (χ2n) is 4.24. The first-order chi connectivity index (χ1) is 10.1. The first kappa shape index (κ1) is 15.6. The van der Waals surface area contributed by atoms with E-state index in [1.807, 2.05) is 6.92 Å². The van der Waals surface area contributed by atoms with Gasteiger partial charge in [0.1, 0.15) is 0 Å². The van der Waals surface area contributed by atoms with Gasteiger partial charge in [-0.05, 0) is 24.6 Å². The number of nitrogens with zero attached hydrogens (tertiary/aromatic N) is 1. The molecule has 0 aliphatic rings. The van der Waals surface area contributed by atoms with Gasteiger partial charge in [-0.2, -0.15) is 0 Å². The second kappa shape index (κ2) is 7.28. The summed E-state index contributed by atoms with van der Waals surface area (Å²) in [4.78, 5) is 30.1. The van der Waals surface area contributed by atoms with Crippen LogP contribution in [-0.4, -0.2) is 21.6 Å². The van der Waals surface area contributed by atoms with Crippen molar-refractivity contribution in [2.24, 2.45) is 0 Å². The molecule has 110 valence electrons. The molecule has 0 aliphatic heterocycles. The standard InChI is InChI=1S/C14H14ClN3O2S/c1-2-10-7-12(19)18-14(17-10)21-8-13(20)16-11-5-3-4-9(15)6-11/h3-7H,2,8H2,1H3,(H,16,20)(H,17,18,19). The molecule has 0 bridgehead atoms. The topological polar surface area (TPSA) is 74.8 Å². The molecule has 2 rings (SSSR count). The van der Waals surface area contributed by atoms with Crippen molar-refractivity contribution in [1.82, 2.24) is 9.97 Å². The quantitative estimate of drug-likeness (QED) is 0.655. The van der Waals surface area contributed by atoms with Crippen LogP contribution in [0.2, 0.25) is 5.02 Å². The lowest BCUT2D eigenvalue weighted by Crippen LogP contribution is -2.15. The van der Waals surface area contributed by atoms with E-state index in [1.54, 1.807) is 24.3 Å². The number of nitrogens with one attached hydrogen (secondary N) is 2. The molecular weight excluding hydrogens is 310 g/mol. The number of carbonyl (C=O) groups is 1. The number of aromatic amines is 1. The third-order valence-corrected chi connectivity index (χ3v) is 3.69. The number of halogens is 1. The predicted octanol–water partition coefficient (Wildman–Crippen LogP) is 2.72. The molecule has 5 nitrogen and oxygen atoms in total. The number of carbonyl (C=O) groups excluding carboxylic acids is 1. The van der Waals surface area contributed by atoms with E-state index in [4.69, 9.17) is 11.6 Å². The van der Waals surface area contributed by atoms with Gasteiger partial charge in [0, 0.05) is 22.5 Å². The van der Waals surface area contributed by atoms with Crippen LogP contribution in [0.3, 0.4) is 0 Å². The zero-order valence-corrected chi connectivity index (χ0v) is 12.9. The molecule has 1 aromatic carbocycles. The molecule has 0 aliphatic carbocycles. The van der Waals surface area contributed by atoms with Crippen molar-refractivity contribution in [2.75, 3.05) is 11.1 Å². The van der Waals surface area contributed by atoms with Crippen LogP contribution in [0.25, 0.3) is 0 Å². The van der Waals surface area contributed by atoms with Gasteiger partial charge in [-0.1, -0.05) is 36.4 Å². The third kappa shape index (κ3) is 4.91. The summed E-state index contributed by atoms with van der Waals surface area (Å²) < 4.78 is 0. The number of rotatable bonds is 5. The summed E-state index contributed by atoms with van der Waals surface area (Å²) in [5.41, 5.74) is 1.13. The van der Waals surface area contributed by atoms with E-state index in [2.05, 4.69) is 15.3 Å². The van der Waals surface area contributed by atoms with Crippen LogP contribution in [0, 0.1) is 0 Å². The zero-order valence-electron chi connectivity index (χ0n) is 11.4. The van der Waals surface area contributed by atoms with E-state index in [-0.39, 0.29) is 17.2 Å². The number of anilines is 1. The van der Waals surface area contributed by atoms with Crippen LogP contribution in [0.15, 0.2) is 40.3 Å². The van der Waals surface area contributed by atoms with Gasteiger partial charge >= 0.3 is 0 Å². The maximum Gasteiger partial charge on any atom is 0.251 e. The van der Waals surface area contributed by atoms with E-state index in [0.29, 0.717) is 28.0 Å². The Balaban J connectivity index is 1.95. The molecule has 0 saturated heterocycles. The van der Waals surface area contributed by atoms with Crippen LogP contribution < -0.4 is 10.9 Å². The summed E-state index contributed by atoms with van der Waals surface area (Å²) in [6, 6.07) is 8.37. The Morgan fingerprint density at radius 3 is 2.95 bits per heavy atom. The summed E-state index contributed by atoms with van der Waals surface area (Å²) in [6.07, 6.45) is 0.673. The lowest BCUT2D eigenvalue weighted by molar-refractivity contribution is -0.113.